The van der Waals surface area contributed by atoms with E-state index in [0.717, 1.165) is 39.2 Å². The minimum absolute atomic E-state index is 0.496. The average molecular weight is 776 g/mol. The molecule has 1 aromatic heterocycles. The SMILES string of the molecule is c1ccc(-c2cc(-c3ccccc3)nc(-c3cccc(-c4cccc(-c5cc6c(cc5-c5ccccc5)-c5ccccc5C6(c5ccccc5)c5ccccc5)c4)c3)c2)cc1. The highest BCUT2D eigenvalue weighted by Crippen LogP contribution is 2.58. The molecular formula is C60H41N. The van der Waals surface area contributed by atoms with Crippen LogP contribution in [0.1, 0.15) is 22.3 Å². The maximum atomic E-state index is 5.26. The molecule has 0 saturated heterocycles. The third kappa shape index (κ3) is 6.39. The summed E-state index contributed by atoms with van der Waals surface area (Å²) >= 11 is 0. The highest BCUT2D eigenvalue weighted by molar-refractivity contribution is 5.95. The zero-order chi connectivity index (χ0) is 40.6. The van der Waals surface area contributed by atoms with Gasteiger partial charge in [0, 0.05) is 11.1 Å². The molecule has 0 spiro atoms. The number of nitrogens with zero attached hydrogens (tertiary/aromatic N) is 1. The van der Waals surface area contributed by atoms with Gasteiger partial charge in [-0.3, -0.25) is 0 Å². The molecule has 0 atom stereocenters. The van der Waals surface area contributed by atoms with Crippen LogP contribution in [0.3, 0.4) is 0 Å². The van der Waals surface area contributed by atoms with Gasteiger partial charge in [0.2, 0.25) is 0 Å². The van der Waals surface area contributed by atoms with Gasteiger partial charge in [-0.25, -0.2) is 4.98 Å². The number of hydrogen-bond donors (Lipinski definition) is 0. The fraction of sp³-hybridized carbons (Fsp3) is 0.0167. The van der Waals surface area contributed by atoms with Gasteiger partial charge in [-0.15, -0.1) is 0 Å². The van der Waals surface area contributed by atoms with Crippen molar-refractivity contribution < 1.29 is 0 Å². The lowest BCUT2D eigenvalue weighted by atomic mass is 9.67. The van der Waals surface area contributed by atoms with Crippen LogP contribution in [0, 0.1) is 0 Å². The Morgan fingerprint density at radius 1 is 0.230 bits per heavy atom. The summed E-state index contributed by atoms with van der Waals surface area (Å²) in [6, 6.07) is 90.3. The molecule has 11 rings (SSSR count). The van der Waals surface area contributed by atoms with Crippen molar-refractivity contribution in [2.45, 2.75) is 5.41 Å². The molecule has 0 N–H and O–H groups in total. The normalized spacial score (nSPS) is 12.4. The summed E-state index contributed by atoms with van der Waals surface area (Å²) in [6.45, 7) is 0. The third-order valence-electron chi connectivity index (χ3n) is 12.3. The molecule has 61 heavy (non-hydrogen) atoms. The Morgan fingerprint density at radius 2 is 0.672 bits per heavy atom. The molecule has 0 amide bonds. The molecule has 1 nitrogen and oxygen atoms in total. The van der Waals surface area contributed by atoms with Crippen LogP contribution in [-0.4, -0.2) is 4.98 Å². The molecule has 0 radical (unpaired) electrons. The zero-order valence-electron chi connectivity index (χ0n) is 33.6. The van der Waals surface area contributed by atoms with E-state index in [9.17, 15) is 0 Å². The lowest BCUT2D eigenvalue weighted by Gasteiger charge is -2.34. The minimum atomic E-state index is -0.496. The second-order valence-corrected chi connectivity index (χ2v) is 15.9. The largest absolute Gasteiger partial charge is 0.248 e. The van der Waals surface area contributed by atoms with Crippen molar-refractivity contribution in [1.82, 2.24) is 4.98 Å². The van der Waals surface area contributed by atoms with Crippen LogP contribution in [0.25, 0.3) is 78.1 Å². The van der Waals surface area contributed by atoms with Crippen LogP contribution < -0.4 is 0 Å². The summed E-state index contributed by atoms with van der Waals surface area (Å²) < 4.78 is 0. The minimum Gasteiger partial charge on any atom is -0.248 e. The van der Waals surface area contributed by atoms with Gasteiger partial charge in [0.15, 0.2) is 0 Å². The lowest BCUT2D eigenvalue weighted by molar-refractivity contribution is 0.769. The summed E-state index contributed by atoms with van der Waals surface area (Å²) in [5, 5.41) is 0. The van der Waals surface area contributed by atoms with Gasteiger partial charge < -0.3 is 0 Å². The van der Waals surface area contributed by atoms with E-state index in [-0.39, 0.29) is 0 Å². The van der Waals surface area contributed by atoms with Crippen LogP contribution in [0.4, 0.5) is 0 Å². The number of fused-ring (bicyclic) bond motifs is 3. The van der Waals surface area contributed by atoms with E-state index >= 15 is 0 Å². The molecule has 0 fully saturated rings. The topological polar surface area (TPSA) is 12.9 Å². The van der Waals surface area contributed by atoms with Gasteiger partial charge in [0.25, 0.3) is 0 Å². The lowest BCUT2D eigenvalue weighted by Crippen LogP contribution is -2.28. The van der Waals surface area contributed by atoms with E-state index < -0.39 is 5.41 Å². The zero-order valence-corrected chi connectivity index (χ0v) is 33.6. The first-order valence-corrected chi connectivity index (χ1v) is 21.0. The van der Waals surface area contributed by atoms with Crippen LogP contribution >= 0.6 is 0 Å². The van der Waals surface area contributed by atoms with E-state index in [1.54, 1.807) is 0 Å². The third-order valence-corrected chi connectivity index (χ3v) is 12.3. The van der Waals surface area contributed by atoms with Gasteiger partial charge in [0.05, 0.1) is 16.8 Å². The maximum absolute atomic E-state index is 5.26. The highest BCUT2D eigenvalue weighted by atomic mass is 14.7. The fourth-order valence-electron chi connectivity index (χ4n) is 9.54. The van der Waals surface area contributed by atoms with Crippen LogP contribution in [0.2, 0.25) is 0 Å². The molecule has 0 bridgehead atoms. The predicted octanol–water partition coefficient (Wildman–Crippen LogP) is 15.4. The molecule has 0 unspecified atom stereocenters. The van der Waals surface area contributed by atoms with Crippen LogP contribution in [0.15, 0.2) is 249 Å². The van der Waals surface area contributed by atoms with Gasteiger partial charge >= 0.3 is 0 Å². The van der Waals surface area contributed by atoms with Gasteiger partial charge in [-0.1, -0.05) is 212 Å². The van der Waals surface area contributed by atoms with Gasteiger partial charge in [-0.05, 0) is 114 Å². The van der Waals surface area contributed by atoms with Crippen molar-refractivity contribution in [3.63, 3.8) is 0 Å². The number of aromatic nitrogens is 1. The molecule has 1 heteroatoms. The molecule has 1 aliphatic rings. The Morgan fingerprint density at radius 3 is 1.30 bits per heavy atom. The van der Waals surface area contributed by atoms with Crippen molar-refractivity contribution >= 4 is 0 Å². The quantitative estimate of drug-likeness (QED) is 0.150. The molecule has 0 aliphatic heterocycles. The summed E-state index contributed by atoms with van der Waals surface area (Å²) in [4.78, 5) is 5.26. The Balaban J connectivity index is 1.09. The molecule has 286 valence electrons. The Bertz CT molecular complexity index is 3060. The van der Waals surface area contributed by atoms with Crippen molar-refractivity contribution in [3.05, 3.63) is 271 Å². The average Bonchev–Trinajstić information content (AvgIpc) is 3.65. The van der Waals surface area contributed by atoms with E-state index in [0.29, 0.717) is 0 Å². The Kier molecular flexibility index (Phi) is 9.13. The number of hydrogen-bond acceptors (Lipinski definition) is 1. The van der Waals surface area contributed by atoms with E-state index in [1.807, 2.05) is 0 Å². The number of rotatable bonds is 8. The summed E-state index contributed by atoms with van der Waals surface area (Å²) in [7, 11) is 0. The van der Waals surface area contributed by atoms with Crippen LogP contribution in [-0.2, 0) is 5.41 Å². The van der Waals surface area contributed by atoms with Crippen molar-refractivity contribution in [1.29, 1.82) is 0 Å². The first kappa shape index (κ1) is 36.2. The first-order valence-electron chi connectivity index (χ1n) is 21.0. The Hall–Kier alpha value is -7.87. The molecule has 10 aromatic rings. The first-order chi connectivity index (χ1) is 30.2. The van der Waals surface area contributed by atoms with E-state index in [4.69, 9.17) is 4.98 Å². The monoisotopic (exact) mass is 775 g/mol. The second kappa shape index (κ2) is 15.4. The molecular weight excluding hydrogens is 735 g/mol. The molecule has 1 heterocycles. The maximum Gasteiger partial charge on any atom is 0.0715 e. The molecule has 9 aromatic carbocycles. The standard InChI is InChI=1S/C60H41N/c1-6-20-42(21-7-1)49-38-58(44-24-10-3-11-25-44)61-59(39-49)48-29-19-27-46(37-48)45-26-18-28-47(36-45)54-41-57-55(40-53(54)43-22-8-2-9-23-43)52-34-16-17-35-56(52)60(57,50-30-12-4-13-31-50)51-32-14-5-15-33-51/h1-41H. The fourth-order valence-corrected chi connectivity index (χ4v) is 9.54. The second-order valence-electron chi connectivity index (χ2n) is 15.9. The smallest absolute Gasteiger partial charge is 0.0715 e. The van der Waals surface area contributed by atoms with Crippen molar-refractivity contribution in [2.24, 2.45) is 0 Å². The van der Waals surface area contributed by atoms with Gasteiger partial charge in [0.1, 0.15) is 0 Å². The molecule has 1 aliphatic carbocycles. The molecule has 0 saturated carbocycles. The predicted molar refractivity (Wildman–Crippen MR) is 254 cm³/mol. The van der Waals surface area contributed by atoms with E-state index in [1.165, 1.54) is 61.2 Å². The Labute approximate surface area is 358 Å². The van der Waals surface area contributed by atoms with Crippen LogP contribution in [0.5, 0.6) is 0 Å². The highest BCUT2D eigenvalue weighted by Gasteiger charge is 2.46. The number of pyridine rings is 1. The van der Waals surface area contributed by atoms with Crippen molar-refractivity contribution in [3.8, 4) is 78.1 Å². The summed E-state index contributed by atoms with van der Waals surface area (Å²) in [5.41, 5.74) is 20.7. The van der Waals surface area contributed by atoms with Gasteiger partial charge in [-0.2, -0.15) is 0 Å². The summed E-state index contributed by atoms with van der Waals surface area (Å²) in [5.74, 6) is 0. The number of benzene rings is 9. The summed E-state index contributed by atoms with van der Waals surface area (Å²) in [6.07, 6.45) is 0. The van der Waals surface area contributed by atoms with E-state index in [2.05, 4.69) is 249 Å². The van der Waals surface area contributed by atoms with Crippen molar-refractivity contribution in [2.75, 3.05) is 0 Å².